The number of carbonyl (C=O) groups excluding carboxylic acids is 3. The third-order valence-electron chi connectivity index (χ3n) is 7.01. The van der Waals surface area contributed by atoms with Gasteiger partial charge in [-0.15, -0.1) is 0 Å². The lowest BCUT2D eigenvalue weighted by Gasteiger charge is -2.42. The number of carbonyl (C=O) groups is 3. The van der Waals surface area contributed by atoms with Gasteiger partial charge >= 0.3 is 0 Å². The molecule has 2 amide bonds. The van der Waals surface area contributed by atoms with Crippen molar-refractivity contribution in [2.75, 3.05) is 20.2 Å². The molecule has 0 aromatic heterocycles. The Morgan fingerprint density at radius 3 is 2.25 bits per heavy atom. The van der Waals surface area contributed by atoms with Crippen LogP contribution in [0.3, 0.4) is 0 Å². The molecule has 7 nitrogen and oxygen atoms in total. The summed E-state index contributed by atoms with van der Waals surface area (Å²) in [5.41, 5.74) is 7.18. The Hall–Kier alpha value is -3.19. The van der Waals surface area contributed by atoms with Gasteiger partial charge in [0.25, 0.3) is 0 Å². The molecule has 1 fully saturated rings. The number of nitrogens with one attached hydrogen (secondary N) is 1. The topological polar surface area (TPSA) is 102 Å². The number of nitrogens with zero attached hydrogens (tertiary/aromatic N) is 1. The molecular formula is C29H39N3O4. The first-order valence-corrected chi connectivity index (χ1v) is 12.8. The molecule has 1 aliphatic heterocycles. The molecule has 0 radical (unpaired) electrons. The van der Waals surface area contributed by atoms with Gasteiger partial charge in [0.15, 0.2) is 0 Å². The van der Waals surface area contributed by atoms with Gasteiger partial charge in [-0.2, -0.15) is 0 Å². The van der Waals surface area contributed by atoms with Crippen LogP contribution in [0.4, 0.5) is 0 Å². The van der Waals surface area contributed by atoms with Gasteiger partial charge in [-0.1, -0.05) is 49.4 Å². The van der Waals surface area contributed by atoms with Crippen molar-refractivity contribution in [1.82, 2.24) is 10.2 Å². The number of rotatable bonds is 11. The average molecular weight is 494 g/mol. The van der Waals surface area contributed by atoms with E-state index in [9.17, 15) is 14.4 Å². The number of hydrogen-bond acceptors (Lipinski definition) is 5. The second kappa shape index (κ2) is 12.7. The zero-order valence-corrected chi connectivity index (χ0v) is 21.7. The molecule has 3 N–H and O–H groups in total. The molecule has 0 saturated carbocycles. The predicted octanol–water partition coefficient (Wildman–Crippen LogP) is 3.39. The smallest absolute Gasteiger partial charge is 0.245 e. The summed E-state index contributed by atoms with van der Waals surface area (Å²) >= 11 is 0. The predicted molar refractivity (Wildman–Crippen MR) is 141 cm³/mol. The highest BCUT2D eigenvalue weighted by Gasteiger charge is 2.43. The van der Waals surface area contributed by atoms with Gasteiger partial charge in [0.2, 0.25) is 11.8 Å². The monoisotopic (exact) mass is 493 g/mol. The van der Waals surface area contributed by atoms with Crippen LogP contribution < -0.4 is 15.8 Å². The Kier molecular flexibility index (Phi) is 9.65. The van der Waals surface area contributed by atoms with E-state index in [4.69, 9.17) is 10.5 Å². The summed E-state index contributed by atoms with van der Waals surface area (Å²) in [5, 5.41) is 2.91. The number of methoxy groups -OCH3 is 1. The van der Waals surface area contributed by atoms with Crippen molar-refractivity contribution in [1.29, 1.82) is 0 Å². The van der Waals surface area contributed by atoms with Crippen LogP contribution in [0.25, 0.3) is 0 Å². The SMILES string of the molecule is CCCC(=O)C1(c2ccccc2)CCN(C(=O)[C@H](Cc2ccc(OC)cc2)NC(=O)C[C@@H](C)N)CC1. The first kappa shape index (κ1) is 27.4. The quantitative estimate of drug-likeness (QED) is 0.500. The minimum absolute atomic E-state index is 0.131. The van der Waals surface area contributed by atoms with Crippen molar-refractivity contribution >= 4 is 17.6 Å². The van der Waals surface area contributed by atoms with Crippen molar-refractivity contribution in [3.63, 3.8) is 0 Å². The van der Waals surface area contributed by atoms with Crippen molar-refractivity contribution in [2.45, 2.75) is 69.9 Å². The molecule has 1 heterocycles. The highest BCUT2D eigenvalue weighted by molar-refractivity contribution is 5.91. The number of hydrogen-bond donors (Lipinski definition) is 2. The lowest BCUT2D eigenvalue weighted by atomic mass is 9.68. The van der Waals surface area contributed by atoms with Crippen LogP contribution in [0, 0.1) is 0 Å². The Labute approximate surface area is 214 Å². The molecule has 0 spiro atoms. The Morgan fingerprint density at radius 2 is 1.69 bits per heavy atom. The molecule has 1 saturated heterocycles. The molecule has 7 heteroatoms. The van der Waals surface area contributed by atoms with Crippen LogP contribution in [0.15, 0.2) is 54.6 Å². The summed E-state index contributed by atoms with van der Waals surface area (Å²) in [6.45, 7) is 4.71. The van der Waals surface area contributed by atoms with Gasteiger partial charge in [-0.3, -0.25) is 14.4 Å². The summed E-state index contributed by atoms with van der Waals surface area (Å²) < 4.78 is 5.23. The second-order valence-electron chi connectivity index (χ2n) is 9.80. The molecule has 1 aliphatic rings. The van der Waals surface area contributed by atoms with Crippen molar-refractivity contribution in [3.8, 4) is 5.75 Å². The Morgan fingerprint density at radius 1 is 1.06 bits per heavy atom. The zero-order chi connectivity index (χ0) is 26.1. The third-order valence-corrected chi connectivity index (χ3v) is 7.01. The van der Waals surface area contributed by atoms with E-state index in [-0.39, 0.29) is 30.1 Å². The Bertz CT molecular complexity index is 1010. The standard InChI is InChI=1S/C29H39N3O4/c1-4-8-26(33)29(23-9-6-5-7-10-23)15-17-32(18-16-29)28(35)25(31-27(34)19-21(2)30)20-22-11-13-24(36-3)14-12-22/h5-7,9-14,21,25H,4,8,15-20,30H2,1-3H3,(H,31,34)/t21-,25+/m1/s1. The maximum absolute atomic E-state index is 13.7. The number of amides is 2. The first-order chi connectivity index (χ1) is 17.3. The molecule has 0 bridgehead atoms. The molecule has 36 heavy (non-hydrogen) atoms. The van der Waals surface area contributed by atoms with Gasteiger partial charge in [0, 0.05) is 38.4 Å². The molecule has 2 atom stereocenters. The van der Waals surface area contributed by atoms with Gasteiger partial charge in [-0.25, -0.2) is 0 Å². The summed E-state index contributed by atoms with van der Waals surface area (Å²) in [7, 11) is 1.60. The fraction of sp³-hybridized carbons (Fsp3) is 0.483. The molecule has 2 aromatic carbocycles. The molecule has 0 unspecified atom stereocenters. The molecule has 0 aliphatic carbocycles. The van der Waals surface area contributed by atoms with E-state index < -0.39 is 11.5 Å². The number of ketones is 1. The van der Waals surface area contributed by atoms with Crippen LogP contribution in [-0.2, 0) is 26.2 Å². The van der Waals surface area contributed by atoms with Crippen LogP contribution >= 0.6 is 0 Å². The zero-order valence-electron chi connectivity index (χ0n) is 21.7. The molecule has 3 rings (SSSR count). The van der Waals surface area contributed by atoms with Crippen LogP contribution in [-0.4, -0.2) is 54.8 Å². The molecule has 194 valence electrons. The van der Waals surface area contributed by atoms with Crippen molar-refractivity contribution in [3.05, 3.63) is 65.7 Å². The van der Waals surface area contributed by atoms with Crippen molar-refractivity contribution < 1.29 is 19.1 Å². The minimum Gasteiger partial charge on any atom is -0.497 e. The van der Waals surface area contributed by atoms with E-state index >= 15 is 0 Å². The lowest BCUT2D eigenvalue weighted by molar-refractivity contribution is -0.139. The van der Waals surface area contributed by atoms with Crippen molar-refractivity contribution in [2.24, 2.45) is 5.73 Å². The molecular weight excluding hydrogens is 454 g/mol. The third kappa shape index (κ3) is 6.72. The van der Waals surface area contributed by atoms with Gasteiger partial charge in [0.1, 0.15) is 17.6 Å². The number of Topliss-reactive ketones (excluding diaryl/α,β-unsaturated/α-hetero) is 1. The first-order valence-electron chi connectivity index (χ1n) is 12.8. The summed E-state index contributed by atoms with van der Waals surface area (Å²) in [6, 6.07) is 16.4. The maximum Gasteiger partial charge on any atom is 0.245 e. The number of likely N-dealkylation sites (tertiary alicyclic amines) is 1. The van der Waals surface area contributed by atoms with Crippen LogP contribution in [0.1, 0.15) is 57.1 Å². The highest BCUT2D eigenvalue weighted by atomic mass is 16.5. The van der Waals surface area contributed by atoms with E-state index in [0.29, 0.717) is 38.8 Å². The summed E-state index contributed by atoms with van der Waals surface area (Å²) in [4.78, 5) is 41.3. The van der Waals surface area contributed by atoms with E-state index in [1.54, 1.807) is 18.9 Å². The highest BCUT2D eigenvalue weighted by Crippen LogP contribution is 2.38. The lowest BCUT2D eigenvalue weighted by Crippen LogP contribution is -2.55. The summed E-state index contributed by atoms with van der Waals surface area (Å²) in [6.07, 6.45) is 2.98. The van der Waals surface area contributed by atoms with Crippen LogP contribution in [0.2, 0.25) is 0 Å². The largest absolute Gasteiger partial charge is 0.497 e. The number of nitrogens with two attached hydrogens (primary N) is 1. The maximum atomic E-state index is 13.7. The fourth-order valence-corrected chi connectivity index (χ4v) is 5.02. The van der Waals surface area contributed by atoms with Gasteiger partial charge in [0.05, 0.1) is 12.5 Å². The number of piperidine rings is 1. The normalized spacial score (nSPS) is 16.6. The fourth-order valence-electron chi connectivity index (χ4n) is 5.02. The van der Waals surface area contributed by atoms with E-state index in [1.807, 2.05) is 61.5 Å². The average Bonchev–Trinajstić information content (AvgIpc) is 2.88. The van der Waals surface area contributed by atoms with E-state index in [0.717, 1.165) is 23.3 Å². The summed E-state index contributed by atoms with van der Waals surface area (Å²) in [5.74, 6) is 0.593. The van der Waals surface area contributed by atoms with Gasteiger partial charge < -0.3 is 20.7 Å². The van der Waals surface area contributed by atoms with Gasteiger partial charge in [-0.05, 0) is 49.4 Å². The second-order valence-corrected chi connectivity index (χ2v) is 9.80. The number of benzene rings is 2. The van der Waals surface area contributed by atoms with E-state index in [1.165, 1.54) is 0 Å². The minimum atomic E-state index is -0.708. The van der Waals surface area contributed by atoms with E-state index in [2.05, 4.69) is 5.32 Å². The number of ether oxygens (including phenoxy) is 1. The van der Waals surface area contributed by atoms with Crippen LogP contribution in [0.5, 0.6) is 5.75 Å². The molecule has 2 aromatic rings. The Balaban J connectivity index is 1.78.